The fraction of sp³-hybridized carbons (Fsp3) is 0.606. The first-order chi connectivity index (χ1) is 21.3. The first kappa shape index (κ1) is 34.1. The number of fused-ring (bicyclic) bond motifs is 1. The number of allylic oxidation sites excluding steroid dienone is 1. The molecular formula is C33H46N4O8. The second-order valence-corrected chi connectivity index (χ2v) is 13.3. The Hall–Kier alpha value is -3.77. The standard InChI is InChI=1S/C33H46N4O8/c1-5-6-7-8-9-13-21-18-33(21,30(42)43)35-27(39)24-16-12-17-36(24)26(38)19-34-31(44)45-25(32(2,3)4)20-37-28(40)22-14-10-11-15-23(22)29(37)41/h9-11,13-15,21,24-25,27,35,39H,5-8,12,16-20H2,1-4H3,(H,34,44)(H,42,43)/b13-9-/t21?,24-,25?,27?,33?/m0/s1. The highest BCUT2D eigenvalue weighted by Crippen LogP contribution is 2.45. The van der Waals surface area contributed by atoms with Gasteiger partial charge in [0.15, 0.2) is 0 Å². The number of imide groups is 1. The van der Waals surface area contributed by atoms with Gasteiger partial charge in [0.25, 0.3) is 11.8 Å². The highest BCUT2D eigenvalue weighted by Gasteiger charge is 2.60. The van der Waals surface area contributed by atoms with Gasteiger partial charge in [0, 0.05) is 17.9 Å². The van der Waals surface area contributed by atoms with E-state index >= 15 is 0 Å². The lowest BCUT2D eigenvalue weighted by molar-refractivity contribution is -0.143. The Labute approximate surface area is 264 Å². The predicted molar refractivity (Wildman–Crippen MR) is 165 cm³/mol. The van der Waals surface area contributed by atoms with Gasteiger partial charge in [-0.05, 0) is 44.2 Å². The van der Waals surface area contributed by atoms with Crippen LogP contribution in [-0.4, -0.2) is 93.3 Å². The number of aliphatic hydroxyl groups is 1. The van der Waals surface area contributed by atoms with Crippen LogP contribution in [0, 0.1) is 11.3 Å². The van der Waals surface area contributed by atoms with Crippen LogP contribution in [0.3, 0.4) is 0 Å². The van der Waals surface area contributed by atoms with Crippen molar-refractivity contribution in [1.29, 1.82) is 0 Å². The average Bonchev–Trinajstić information content (AvgIpc) is 3.35. The molecular weight excluding hydrogens is 580 g/mol. The summed E-state index contributed by atoms with van der Waals surface area (Å²) in [5.41, 5.74) is -1.32. The number of benzene rings is 1. The smallest absolute Gasteiger partial charge is 0.407 e. The second-order valence-electron chi connectivity index (χ2n) is 13.3. The monoisotopic (exact) mass is 626 g/mol. The predicted octanol–water partition coefficient (Wildman–Crippen LogP) is 3.30. The van der Waals surface area contributed by atoms with Crippen molar-refractivity contribution in [2.45, 2.75) is 96.6 Å². The molecule has 12 nitrogen and oxygen atoms in total. The Kier molecular flexibility index (Phi) is 10.7. The Balaban J connectivity index is 1.30. The lowest BCUT2D eigenvalue weighted by Crippen LogP contribution is -2.56. The third kappa shape index (κ3) is 7.73. The Morgan fingerprint density at radius 1 is 1.13 bits per heavy atom. The molecule has 1 saturated carbocycles. The molecule has 2 fully saturated rings. The number of carboxylic acids is 1. The Bertz CT molecular complexity index is 1290. The number of likely N-dealkylation sites (tertiary alicyclic amines) is 1. The van der Waals surface area contributed by atoms with Crippen molar-refractivity contribution in [3.05, 3.63) is 47.5 Å². The number of alkyl carbamates (subject to hydrolysis) is 1. The van der Waals surface area contributed by atoms with Gasteiger partial charge >= 0.3 is 12.1 Å². The molecule has 5 atom stereocenters. The zero-order valence-corrected chi connectivity index (χ0v) is 26.6. The molecule has 4 rings (SSSR count). The minimum Gasteiger partial charge on any atom is -0.480 e. The quantitative estimate of drug-likeness (QED) is 0.105. The molecule has 0 radical (unpaired) electrons. The highest BCUT2D eigenvalue weighted by atomic mass is 16.6. The Morgan fingerprint density at radius 2 is 1.80 bits per heavy atom. The second kappa shape index (κ2) is 14.1. The number of carbonyl (C=O) groups is 5. The van der Waals surface area contributed by atoms with Crippen LogP contribution in [-0.2, 0) is 14.3 Å². The number of carboxylic acid groups (broad SMARTS) is 1. The molecule has 1 aliphatic carbocycles. The van der Waals surface area contributed by atoms with E-state index < -0.39 is 65.7 Å². The van der Waals surface area contributed by atoms with Crippen molar-refractivity contribution in [1.82, 2.24) is 20.4 Å². The van der Waals surface area contributed by atoms with Crippen LogP contribution in [0.1, 0.15) is 93.4 Å². The van der Waals surface area contributed by atoms with Gasteiger partial charge in [-0.2, -0.15) is 0 Å². The van der Waals surface area contributed by atoms with E-state index in [2.05, 4.69) is 17.6 Å². The molecule has 2 heterocycles. The summed E-state index contributed by atoms with van der Waals surface area (Å²) >= 11 is 0. The normalized spacial score (nSPS) is 24.1. The fourth-order valence-corrected chi connectivity index (χ4v) is 6.04. The summed E-state index contributed by atoms with van der Waals surface area (Å²) in [6, 6.07) is 5.86. The van der Waals surface area contributed by atoms with E-state index in [9.17, 15) is 34.2 Å². The topological polar surface area (TPSA) is 166 Å². The van der Waals surface area contributed by atoms with Crippen LogP contribution in [0.15, 0.2) is 36.4 Å². The van der Waals surface area contributed by atoms with Gasteiger partial charge < -0.3 is 25.2 Å². The molecule has 246 valence electrons. The van der Waals surface area contributed by atoms with Gasteiger partial charge in [-0.1, -0.05) is 64.8 Å². The van der Waals surface area contributed by atoms with Crippen LogP contribution in [0.4, 0.5) is 4.79 Å². The molecule has 2 aliphatic heterocycles. The van der Waals surface area contributed by atoms with Gasteiger partial charge in [0.05, 0.1) is 23.7 Å². The summed E-state index contributed by atoms with van der Waals surface area (Å²) in [6.07, 6.45) is 6.48. The van der Waals surface area contributed by atoms with E-state index in [1.807, 2.05) is 32.9 Å². The molecule has 1 aromatic rings. The first-order valence-electron chi connectivity index (χ1n) is 15.8. The lowest BCUT2D eigenvalue weighted by Gasteiger charge is -2.33. The zero-order valence-electron chi connectivity index (χ0n) is 26.6. The molecule has 1 saturated heterocycles. The number of aliphatic carboxylic acids is 1. The molecule has 45 heavy (non-hydrogen) atoms. The van der Waals surface area contributed by atoms with E-state index in [0.717, 1.165) is 30.6 Å². The van der Waals surface area contributed by atoms with Gasteiger partial charge in [-0.25, -0.2) is 4.79 Å². The molecule has 4 amide bonds. The van der Waals surface area contributed by atoms with Crippen molar-refractivity contribution in [2.24, 2.45) is 11.3 Å². The SMILES string of the molecule is CCCCC/C=C\C1CC1(NC(O)[C@@H]1CCCN1C(=O)CNC(=O)OC(CN1C(=O)c2ccccc2C1=O)C(C)(C)C)C(=O)O. The molecule has 3 aliphatic rings. The third-order valence-electron chi connectivity index (χ3n) is 8.95. The number of rotatable bonds is 14. The summed E-state index contributed by atoms with van der Waals surface area (Å²) in [7, 11) is 0. The van der Waals surface area contributed by atoms with Gasteiger partial charge in [0.2, 0.25) is 5.91 Å². The zero-order chi connectivity index (χ0) is 32.9. The average molecular weight is 627 g/mol. The number of aliphatic hydroxyl groups excluding tert-OH is 1. The number of carbonyl (C=O) groups excluding carboxylic acids is 4. The summed E-state index contributed by atoms with van der Waals surface area (Å²) in [5.74, 6) is -2.65. The number of ether oxygens (including phenoxy) is 1. The Morgan fingerprint density at radius 3 is 2.40 bits per heavy atom. The maximum absolute atomic E-state index is 13.1. The number of hydrogen-bond acceptors (Lipinski definition) is 8. The molecule has 0 spiro atoms. The summed E-state index contributed by atoms with van der Waals surface area (Å²) in [6.45, 7) is 7.36. The van der Waals surface area contributed by atoms with E-state index in [1.54, 1.807) is 24.3 Å². The van der Waals surface area contributed by atoms with Crippen LogP contribution in [0.25, 0.3) is 0 Å². The molecule has 12 heteroatoms. The maximum Gasteiger partial charge on any atom is 0.407 e. The van der Waals surface area contributed by atoms with E-state index in [4.69, 9.17) is 4.74 Å². The van der Waals surface area contributed by atoms with Gasteiger partial charge in [-0.15, -0.1) is 0 Å². The van der Waals surface area contributed by atoms with Gasteiger partial charge in [-0.3, -0.25) is 29.4 Å². The van der Waals surface area contributed by atoms with Crippen molar-refractivity contribution in [3.8, 4) is 0 Å². The summed E-state index contributed by atoms with van der Waals surface area (Å²) < 4.78 is 5.63. The van der Waals surface area contributed by atoms with Crippen molar-refractivity contribution in [2.75, 3.05) is 19.6 Å². The van der Waals surface area contributed by atoms with Crippen LogP contribution < -0.4 is 10.6 Å². The largest absolute Gasteiger partial charge is 0.480 e. The number of unbranched alkanes of at least 4 members (excludes halogenated alkanes) is 3. The number of hydrogen-bond donors (Lipinski definition) is 4. The molecule has 0 bridgehead atoms. The van der Waals surface area contributed by atoms with E-state index in [1.165, 1.54) is 4.90 Å². The number of nitrogens with one attached hydrogen (secondary N) is 2. The van der Waals surface area contributed by atoms with Crippen LogP contribution in [0.5, 0.6) is 0 Å². The minimum atomic E-state index is -1.28. The van der Waals surface area contributed by atoms with Crippen molar-refractivity contribution < 1.29 is 38.9 Å². The van der Waals surface area contributed by atoms with E-state index in [0.29, 0.717) is 36.9 Å². The van der Waals surface area contributed by atoms with E-state index in [-0.39, 0.29) is 12.5 Å². The molecule has 0 aromatic heterocycles. The molecule has 4 unspecified atom stereocenters. The number of amides is 4. The first-order valence-corrected chi connectivity index (χ1v) is 15.8. The fourth-order valence-electron chi connectivity index (χ4n) is 6.04. The molecule has 4 N–H and O–H groups in total. The summed E-state index contributed by atoms with van der Waals surface area (Å²) in [4.78, 5) is 66.3. The maximum atomic E-state index is 13.1. The highest BCUT2D eigenvalue weighted by molar-refractivity contribution is 6.21. The van der Waals surface area contributed by atoms with Crippen molar-refractivity contribution in [3.63, 3.8) is 0 Å². The number of nitrogens with zero attached hydrogens (tertiary/aromatic N) is 2. The van der Waals surface area contributed by atoms with Crippen molar-refractivity contribution >= 4 is 29.8 Å². The third-order valence-corrected chi connectivity index (χ3v) is 8.95. The van der Waals surface area contributed by atoms with Crippen LogP contribution >= 0.6 is 0 Å². The molecule has 1 aromatic carbocycles. The summed E-state index contributed by atoms with van der Waals surface area (Å²) in [5, 5.41) is 26.3. The van der Waals surface area contributed by atoms with Crippen LogP contribution in [0.2, 0.25) is 0 Å². The minimum absolute atomic E-state index is 0.149. The lowest BCUT2D eigenvalue weighted by atomic mass is 9.88. The van der Waals surface area contributed by atoms with Gasteiger partial charge in [0.1, 0.15) is 24.4 Å².